The Kier molecular flexibility index (Phi) is 9.08. The van der Waals surface area contributed by atoms with Gasteiger partial charge in [0.25, 0.3) is 14.2 Å². The van der Waals surface area contributed by atoms with Gasteiger partial charge in [0.05, 0.1) is 0 Å². The fourth-order valence-electron chi connectivity index (χ4n) is 4.00. The number of nitrogens with one attached hydrogen (secondary N) is 2. The van der Waals surface area contributed by atoms with E-state index < -0.39 is 32.0 Å². The average molecular weight is 485 g/mol. The predicted molar refractivity (Wildman–Crippen MR) is 139 cm³/mol. The summed E-state index contributed by atoms with van der Waals surface area (Å²) >= 11 is 0. The van der Waals surface area contributed by atoms with Gasteiger partial charge in [-0.15, -0.1) is 0 Å². The molecule has 0 heterocycles. The number of ether oxygens (including phenoxy) is 1. The van der Waals surface area contributed by atoms with E-state index in [1.54, 1.807) is 20.8 Å². The van der Waals surface area contributed by atoms with Crippen LogP contribution in [0.3, 0.4) is 0 Å². The molecule has 0 aliphatic rings. The molecule has 1 atom stereocenters. The number of hydroxylamine groups is 1. The molecule has 0 spiro atoms. The lowest BCUT2D eigenvalue weighted by atomic mass is 10.0. The summed E-state index contributed by atoms with van der Waals surface area (Å²) in [7, 11) is -2.95. The van der Waals surface area contributed by atoms with Gasteiger partial charge in [-0.3, -0.25) is 4.79 Å². The van der Waals surface area contributed by atoms with Gasteiger partial charge in [-0.2, -0.15) is 0 Å². The molecule has 6 nitrogen and oxygen atoms in total. The molecule has 0 aromatic heterocycles. The number of hydrogen-bond donors (Lipinski definition) is 2. The quantitative estimate of drug-likeness (QED) is 0.426. The van der Waals surface area contributed by atoms with Crippen LogP contribution in [0.4, 0.5) is 4.79 Å². The van der Waals surface area contributed by atoms with Crippen molar-refractivity contribution in [1.82, 2.24) is 10.8 Å². The van der Waals surface area contributed by atoms with Crippen LogP contribution in [0.1, 0.15) is 61.8 Å². The van der Waals surface area contributed by atoms with Crippen molar-refractivity contribution in [3.63, 3.8) is 0 Å². The first-order chi connectivity index (χ1) is 15.8. The summed E-state index contributed by atoms with van der Waals surface area (Å²) in [5.74, 6) is -0.217. The first-order valence-corrected chi connectivity index (χ1v) is 13.8. The molecule has 0 aliphatic carbocycles. The SMILES string of the molecule is CC(C)C[C@H](NC(=O)OC(C)(C)C)C(=O)NO[Si](c1ccccc1)(c1ccccc1)C(C)(C)C. The Bertz CT molecular complexity index is 895. The lowest BCUT2D eigenvalue weighted by Crippen LogP contribution is -2.69. The molecule has 0 saturated heterocycles. The second-order valence-corrected chi connectivity index (χ2v) is 15.3. The monoisotopic (exact) mass is 484 g/mol. The zero-order valence-corrected chi connectivity index (χ0v) is 22.8. The van der Waals surface area contributed by atoms with Crippen LogP contribution in [0.25, 0.3) is 0 Å². The summed E-state index contributed by atoms with van der Waals surface area (Å²) in [5.41, 5.74) is 2.09. The molecule has 2 rings (SSSR count). The van der Waals surface area contributed by atoms with Crippen molar-refractivity contribution >= 4 is 30.7 Å². The van der Waals surface area contributed by atoms with Gasteiger partial charge in [-0.1, -0.05) is 95.3 Å². The van der Waals surface area contributed by atoms with Crippen molar-refractivity contribution < 1.29 is 18.9 Å². The van der Waals surface area contributed by atoms with E-state index in [-0.39, 0.29) is 11.0 Å². The zero-order chi connectivity index (χ0) is 25.6. The second kappa shape index (κ2) is 11.2. The second-order valence-electron chi connectivity index (χ2n) is 11.1. The van der Waals surface area contributed by atoms with Gasteiger partial charge in [-0.05, 0) is 48.5 Å². The van der Waals surface area contributed by atoms with Gasteiger partial charge >= 0.3 is 6.09 Å². The highest BCUT2D eigenvalue weighted by molar-refractivity contribution is 6.99. The molecule has 0 saturated carbocycles. The smallest absolute Gasteiger partial charge is 0.408 e. The van der Waals surface area contributed by atoms with E-state index in [9.17, 15) is 9.59 Å². The van der Waals surface area contributed by atoms with Crippen LogP contribution in [0.15, 0.2) is 60.7 Å². The minimum atomic E-state index is -2.95. The number of carbonyl (C=O) groups is 2. The van der Waals surface area contributed by atoms with Gasteiger partial charge in [0, 0.05) is 0 Å². The topological polar surface area (TPSA) is 76.7 Å². The first-order valence-electron chi connectivity index (χ1n) is 11.8. The number of alkyl carbamates (subject to hydrolysis) is 1. The third-order valence-corrected chi connectivity index (χ3v) is 10.2. The highest BCUT2D eigenvalue weighted by Crippen LogP contribution is 2.36. The maximum absolute atomic E-state index is 13.3. The fourth-order valence-corrected chi connectivity index (χ4v) is 8.18. The Labute approximate surface area is 205 Å². The van der Waals surface area contributed by atoms with Gasteiger partial charge in [0.2, 0.25) is 0 Å². The highest BCUT2D eigenvalue weighted by Gasteiger charge is 2.51. The number of rotatable bonds is 8. The van der Waals surface area contributed by atoms with Crippen LogP contribution >= 0.6 is 0 Å². The average Bonchev–Trinajstić information content (AvgIpc) is 2.72. The number of amides is 2. The molecule has 0 aliphatic heterocycles. The molecule has 2 N–H and O–H groups in total. The molecular formula is C27H40N2O4Si. The summed E-state index contributed by atoms with van der Waals surface area (Å²) in [5, 5.41) is 4.53. The summed E-state index contributed by atoms with van der Waals surface area (Å²) in [4.78, 5) is 25.7. The molecule has 0 radical (unpaired) electrons. The Hall–Kier alpha value is -2.64. The molecular weight excluding hydrogens is 444 g/mol. The normalized spacial score (nSPS) is 13.3. The first kappa shape index (κ1) is 27.6. The van der Waals surface area contributed by atoms with Crippen LogP contribution in [0, 0.1) is 5.92 Å². The molecule has 186 valence electrons. The minimum absolute atomic E-state index is 0.179. The van der Waals surface area contributed by atoms with Crippen LogP contribution in [-0.2, 0) is 14.1 Å². The molecule has 0 bridgehead atoms. The van der Waals surface area contributed by atoms with Crippen LogP contribution < -0.4 is 21.2 Å². The predicted octanol–water partition coefficient (Wildman–Crippen LogP) is 4.53. The summed E-state index contributed by atoms with van der Waals surface area (Å²) in [6.45, 7) is 15.8. The molecule has 0 unspecified atom stereocenters. The summed E-state index contributed by atoms with van der Waals surface area (Å²) < 4.78 is 11.9. The summed E-state index contributed by atoms with van der Waals surface area (Å²) in [6, 6.07) is 19.3. The van der Waals surface area contributed by atoms with E-state index in [0.29, 0.717) is 6.42 Å². The van der Waals surface area contributed by atoms with E-state index in [1.807, 2.05) is 50.2 Å². The highest BCUT2D eigenvalue weighted by atomic mass is 28.4. The zero-order valence-electron chi connectivity index (χ0n) is 21.8. The van der Waals surface area contributed by atoms with Gasteiger partial charge in [-0.25, -0.2) is 10.3 Å². The van der Waals surface area contributed by atoms with Crippen molar-refractivity contribution in [3.05, 3.63) is 60.7 Å². The van der Waals surface area contributed by atoms with Crippen LogP contribution in [-0.4, -0.2) is 32.0 Å². The number of carbonyl (C=O) groups excluding carboxylic acids is 2. The maximum Gasteiger partial charge on any atom is 0.408 e. The Morgan fingerprint density at radius 2 is 1.32 bits per heavy atom. The van der Waals surface area contributed by atoms with E-state index in [1.165, 1.54) is 0 Å². The van der Waals surface area contributed by atoms with Crippen LogP contribution in [0.5, 0.6) is 0 Å². The maximum atomic E-state index is 13.3. The van der Waals surface area contributed by atoms with Crippen molar-refractivity contribution in [2.75, 3.05) is 0 Å². The Morgan fingerprint density at radius 1 is 0.853 bits per heavy atom. The number of hydrogen-bond acceptors (Lipinski definition) is 4. The van der Waals surface area contributed by atoms with Gasteiger partial charge in [0.15, 0.2) is 0 Å². The van der Waals surface area contributed by atoms with E-state index in [2.05, 4.69) is 55.8 Å². The number of benzene rings is 2. The van der Waals surface area contributed by atoms with E-state index >= 15 is 0 Å². The molecule has 2 aromatic rings. The molecule has 2 aromatic carbocycles. The molecule has 0 fully saturated rings. The third kappa shape index (κ3) is 7.18. The lowest BCUT2D eigenvalue weighted by Gasteiger charge is -2.42. The van der Waals surface area contributed by atoms with Crippen molar-refractivity contribution in [2.45, 2.75) is 78.5 Å². The molecule has 2 amide bonds. The Balaban J connectivity index is 2.39. The lowest BCUT2D eigenvalue weighted by molar-refractivity contribution is -0.130. The van der Waals surface area contributed by atoms with Crippen LogP contribution in [0.2, 0.25) is 5.04 Å². The van der Waals surface area contributed by atoms with Gasteiger partial charge < -0.3 is 14.6 Å². The van der Waals surface area contributed by atoms with E-state index in [4.69, 9.17) is 9.26 Å². The van der Waals surface area contributed by atoms with Crippen molar-refractivity contribution in [2.24, 2.45) is 5.92 Å². The van der Waals surface area contributed by atoms with Crippen molar-refractivity contribution in [1.29, 1.82) is 0 Å². The fraction of sp³-hybridized carbons (Fsp3) is 0.481. The molecule has 7 heteroatoms. The molecule has 34 heavy (non-hydrogen) atoms. The third-order valence-electron chi connectivity index (χ3n) is 5.44. The van der Waals surface area contributed by atoms with E-state index in [0.717, 1.165) is 10.4 Å². The minimum Gasteiger partial charge on any atom is -0.444 e. The largest absolute Gasteiger partial charge is 0.444 e. The van der Waals surface area contributed by atoms with Crippen molar-refractivity contribution in [3.8, 4) is 0 Å². The Morgan fingerprint density at radius 3 is 1.71 bits per heavy atom. The van der Waals surface area contributed by atoms with Gasteiger partial charge in [0.1, 0.15) is 11.6 Å². The summed E-state index contributed by atoms with van der Waals surface area (Å²) in [6.07, 6.45) is -0.173. The standard InChI is InChI=1S/C27H40N2O4Si/c1-20(2)19-23(28-25(31)32-26(3,4)5)24(30)29-33-34(27(6,7)8,21-15-11-9-12-16-21)22-17-13-10-14-18-22/h9-18,20,23H,19H2,1-8H3,(H,28,31)(H,29,30)/t23-/m0/s1.